The number of likely N-dealkylation sites (tertiary alicyclic amines) is 1. The lowest BCUT2D eigenvalue weighted by molar-refractivity contribution is -0.144. The summed E-state index contributed by atoms with van der Waals surface area (Å²) in [6.45, 7) is 10.2. The number of likely N-dealkylation sites (N-methyl/N-ethyl adjacent to an activating group) is 2. The number of piperidine rings is 1. The van der Waals surface area contributed by atoms with Crippen LogP contribution in [0.25, 0.3) is 0 Å². The van der Waals surface area contributed by atoms with Crippen LogP contribution in [0.1, 0.15) is 99.4 Å². The number of hydrogen-bond donors (Lipinski definition) is 2. The second kappa shape index (κ2) is 17.2. The van der Waals surface area contributed by atoms with Crippen LogP contribution in [0.5, 0.6) is 5.75 Å². The van der Waals surface area contributed by atoms with Crippen molar-refractivity contribution in [1.82, 2.24) is 20.0 Å². The van der Waals surface area contributed by atoms with Gasteiger partial charge in [-0.1, -0.05) is 67.6 Å². The molecule has 2 saturated heterocycles. The van der Waals surface area contributed by atoms with Gasteiger partial charge in [0.15, 0.2) is 0 Å². The smallest absolute Gasteiger partial charge is 0.262 e. The standard InChI is InChI=1S/C49H55N5O5/c1-4-6-12-44(46(56)50-3)54-48(58)42-20-13-32(27-43(42)49(54)59)29-51(5-2)38-30-53(31-38)47(57)35-23-25-52(26-24-35)37-17-14-34(15-18-37)45-40(33-10-8-7-9-11-33)21-16-36-28-39(55)19-22-41(36)45/h4,7-11,13-15,17-20,22,27-28,35,38,40,44-45,55H,1,5-6,12,16,21,23-26,29-31H2,2-3H3,(H,50,56). The number of benzene rings is 4. The Morgan fingerprint density at radius 1 is 0.898 bits per heavy atom. The van der Waals surface area contributed by atoms with Crippen molar-refractivity contribution < 1.29 is 24.3 Å². The van der Waals surface area contributed by atoms with Gasteiger partial charge in [-0.2, -0.15) is 0 Å². The maximum atomic E-state index is 13.7. The van der Waals surface area contributed by atoms with Gasteiger partial charge in [0, 0.05) is 63.3 Å². The maximum absolute atomic E-state index is 13.7. The van der Waals surface area contributed by atoms with E-state index >= 15 is 0 Å². The van der Waals surface area contributed by atoms with Crippen LogP contribution in [0.15, 0.2) is 104 Å². The minimum Gasteiger partial charge on any atom is -0.508 e. The van der Waals surface area contributed by atoms with Crippen LogP contribution in [-0.2, 0) is 22.6 Å². The van der Waals surface area contributed by atoms with Crippen molar-refractivity contribution in [3.05, 3.63) is 143 Å². The number of hydrogen-bond acceptors (Lipinski definition) is 7. The van der Waals surface area contributed by atoms with Crippen LogP contribution in [0.3, 0.4) is 0 Å². The lowest BCUT2D eigenvalue weighted by Crippen LogP contribution is -2.62. The zero-order valence-corrected chi connectivity index (χ0v) is 34.2. The number of allylic oxidation sites excluding steroid dienone is 1. The van der Waals surface area contributed by atoms with Gasteiger partial charge in [-0.3, -0.25) is 29.0 Å². The third-order valence-electron chi connectivity index (χ3n) is 13.2. The van der Waals surface area contributed by atoms with E-state index in [9.17, 15) is 24.3 Å². The van der Waals surface area contributed by atoms with E-state index in [1.165, 1.54) is 35.0 Å². The molecule has 2 fully saturated rings. The number of aromatic hydroxyl groups is 1. The zero-order chi connectivity index (χ0) is 41.2. The minimum absolute atomic E-state index is 0.0108. The van der Waals surface area contributed by atoms with Gasteiger partial charge in [0.25, 0.3) is 11.8 Å². The largest absolute Gasteiger partial charge is 0.508 e. The first kappa shape index (κ1) is 40.1. The lowest BCUT2D eigenvalue weighted by Gasteiger charge is -2.47. The molecular weight excluding hydrogens is 739 g/mol. The highest BCUT2D eigenvalue weighted by molar-refractivity contribution is 6.23. The number of phenols is 1. The van der Waals surface area contributed by atoms with Gasteiger partial charge in [0.2, 0.25) is 11.8 Å². The number of nitrogens with zero attached hydrogens (tertiary/aromatic N) is 4. The molecule has 10 nitrogen and oxygen atoms in total. The van der Waals surface area contributed by atoms with Crippen LogP contribution >= 0.6 is 0 Å². The van der Waals surface area contributed by atoms with Crippen molar-refractivity contribution in [3.8, 4) is 5.75 Å². The Balaban J connectivity index is 0.854. The fourth-order valence-corrected chi connectivity index (χ4v) is 9.92. The highest BCUT2D eigenvalue weighted by atomic mass is 16.3. The second-order valence-electron chi connectivity index (χ2n) is 16.6. The second-order valence-corrected chi connectivity index (χ2v) is 16.6. The summed E-state index contributed by atoms with van der Waals surface area (Å²) in [5, 5.41) is 12.8. The summed E-state index contributed by atoms with van der Waals surface area (Å²) >= 11 is 0. The summed E-state index contributed by atoms with van der Waals surface area (Å²) in [7, 11) is 1.50. The average molecular weight is 794 g/mol. The Morgan fingerprint density at radius 2 is 1.63 bits per heavy atom. The predicted molar refractivity (Wildman–Crippen MR) is 230 cm³/mol. The molecule has 2 N–H and O–H groups in total. The fraction of sp³-hybridized carbons (Fsp3) is 0.388. The van der Waals surface area contributed by atoms with Gasteiger partial charge in [-0.05, 0) is 115 Å². The van der Waals surface area contributed by atoms with Gasteiger partial charge in [-0.25, -0.2) is 0 Å². The first-order chi connectivity index (χ1) is 28.7. The molecule has 8 rings (SSSR count). The highest BCUT2D eigenvalue weighted by Gasteiger charge is 2.43. The monoisotopic (exact) mass is 793 g/mol. The number of carbonyl (C=O) groups excluding carboxylic acids is 4. The summed E-state index contributed by atoms with van der Waals surface area (Å²) in [5.41, 5.74) is 7.91. The summed E-state index contributed by atoms with van der Waals surface area (Å²) in [5.74, 6) is -0.120. The van der Waals surface area contributed by atoms with Crippen molar-refractivity contribution >= 4 is 29.3 Å². The van der Waals surface area contributed by atoms with Crippen LogP contribution in [0.4, 0.5) is 5.69 Å². The molecule has 4 aromatic rings. The highest BCUT2D eigenvalue weighted by Crippen LogP contribution is 2.47. The molecule has 59 heavy (non-hydrogen) atoms. The number of phenolic OH excluding ortho intramolecular Hbond substituents is 1. The molecule has 10 heteroatoms. The van der Waals surface area contributed by atoms with Gasteiger partial charge in [-0.15, -0.1) is 6.58 Å². The van der Waals surface area contributed by atoms with E-state index in [2.05, 4.69) is 89.3 Å². The summed E-state index contributed by atoms with van der Waals surface area (Å²) < 4.78 is 0. The number of amides is 4. The van der Waals surface area contributed by atoms with E-state index in [1.54, 1.807) is 18.2 Å². The van der Waals surface area contributed by atoms with Crippen molar-refractivity contribution in [1.29, 1.82) is 0 Å². The van der Waals surface area contributed by atoms with Crippen molar-refractivity contribution in [3.63, 3.8) is 0 Å². The molecule has 3 aliphatic heterocycles. The Morgan fingerprint density at radius 3 is 2.32 bits per heavy atom. The Kier molecular flexibility index (Phi) is 11.7. The molecule has 0 saturated carbocycles. The van der Waals surface area contributed by atoms with Crippen molar-refractivity contribution in [2.45, 2.75) is 75.9 Å². The Bertz CT molecular complexity index is 2210. The van der Waals surface area contributed by atoms with E-state index in [4.69, 9.17) is 0 Å². The first-order valence-corrected chi connectivity index (χ1v) is 21.3. The molecular formula is C49H55N5O5. The summed E-state index contributed by atoms with van der Waals surface area (Å²) in [4.78, 5) is 61.0. The van der Waals surface area contributed by atoms with Crippen LogP contribution < -0.4 is 10.2 Å². The number of fused-ring (bicyclic) bond motifs is 2. The summed E-state index contributed by atoms with van der Waals surface area (Å²) in [6.07, 6.45) is 6.11. The molecule has 0 spiro atoms. The number of imide groups is 1. The number of anilines is 1. The molecule has 0 radical (unpaired) electrons. The number of carbonyl (C=O) groups is 4. The molecule has 4 aromatic carbocycles. The normalized spacial score (nSPS) is 19.9. The number of rotatable bonds is 13. The molecule has 3 atom stereocenters. The molecule has 3 heterocycles. The Labute approximate surface area is 347 Å². The van der Waals surface area contributed by atoms with Crippen LogP contribution in [0.2, 0.25) is 0 Å². The van der Waals surface area contributed by atoms with Gasteiger partial charge in [0.1, 0.15) is 11.8 Å². The quantitative estimate of drug-likeness (QED) is 0.112. The average Bonchev–Trinajstić information content (AvgIpc) is 3.50. The van der Waals surface area contributed by atoms with Crippen LogP contribution in [-0.4, -0.2) is 95.3 Å². The van der Waals surface area contributed by atoms with Gasteiger partial charge in [0.05, 0.1) is 11.1 Å². The van der Waals surface area contributed by atoms with E-state index in [0.717, 1.165) is 55.8 Å². The number of aryl methyl sites for hydroxylation is 1. The van der Waals surface area contributed by atoms with E-state index in [1.807, 2.05) is 23.1 Å². The lowest BCUT2D eigenvalue weighted by atomic mass is 9.69. The first-order valence-electron chi connectivity index (χ1n) is 21.3. The van der Waals surface area contributed by atoms with Gasteiger partial charge >= 0.3 is 0 Å². The van der Waals surface area contributed by atoms with E-state index in [0.29, 0.717) is 55.3 Å². The molecule has 306 valence electrons. The van der Waals surface area contributed by atoms with E-state index in [-0.39, 0.29) is 29.7 Å². The maximum Gasteiger partial charge on any atom is 0.262 e. The third-order valence-corrected chi connectivity index (χ3v) is 13.2. The SMILES string of the molecule is C=CCCC(C(=O)NC)N1C(=O)c2ccc(CN(CC)C3CN(C(=O)C4CCN(c5ccc(C6c7ccc(O)cc7CCC6c6ccccc6)cc5)CC4)C3)cc2C1=O. The van der Waals surface area contributed by atoms with Crippen LogP contribution in [0, 0.1) is 5.92 Å². The summed E-state index contributed by atoms with van der Waals surface area (Å²) in [6, 6.07) is 30.4. The Hall–Kier alpha value is -5.74. The topological polar surface area (TPSA) is 114 Å². The van der Waals surface area contributed by atoms with Crippen molar-refractivity contribution in [2.75, 3.05) is 44.7 Å². The molecule has 0 aromatic heterocycles. The predicted octanol–water partition coefficient (Wildman–Crippen LogP) is 6.88. The molecule has 4 amide bonds. The third kappa shape index (κ3) is 7.90. The number of nitrogens with one attached hydrogen (secondary N) is 1. The van der Waals surface area contributed by atoms with Gasteiger partial charge < -0.3 is 20.2 Å². The molecule has 0 bridgehead atoms. The molecule has 4 aliphatic rings. The molecule has 3 unspecified atom stereocenters. The zero-order valence-electron chi connectivity index (χ0n) is 34.2. The minimum atomic E-state index is -0.893. The molecule has 1 aliphatic carbocycles. The van der Waals surface area contributed by atoms with Crippen molar-refractivity contribution in [2.24, 2.45) is 5.92 Å². The fourth-order valence-electron chi connectivity index (χ4n) is 9.92. The van der Waals surface area contributed by atoms with E-state index < -0.39 is 17.9 Å².